The second kappa shape index (κ2) is 9.56. The summed E-state index contributed by atoms with van der Waals surface area (Å²) >= 11 is 1.53. The van der Waals surface area contributed by atoms with E-state index in [4.69, 9.17) is 14.5 Å². The molecule has 0 spiro atoms. The highest BCUT2D eigenvalue weighted by Crippen LogP contribution is 2.32. The number of aromatic carboxylic acids is 1. The number of carboxylic acid groups (broad SMARTS) is 1. The summed E-state index contributed by atoms with van der Waals surface area (Å²) in [7, 11) is 1.63. The van der Waals surface area contributed by atoms with Crippen molar-refractivity contribution in [2.24, 2.45) is 5.92 Å². The second-order valence-corrected chi connectivity index (χ2v) is 8.98. The molecule has 4 rings (SSSR count). The molecule has 2 heterocycles. The molecule has 0 aliphatic heterocycles. The molecular weight excluding hydrogens is 412 g/mol. The van der Waals surface area contributed by atoms with Crippen LogP contribution in [0, 0.1) is 12.8 Å². The number of benzene rings is 1. The monoisotopic (exact) mass is 440 g/mol. The van der Waals surface area contributed by atoms with Gasteiger partial charge >= 0.3 is 5.97 Å². The third kappa shape index (κ3) is 4.93. The Morgan fingerprint density at radius 1 is 1.19 bits per heavy atom. The van der Waals surface area contributed by atoms with Gasteiger partial charge in [0.15, 0.2) is 0 Å². The normalized spacial score (nSPS) is 14.5. The number of ether oxygens (including phenoxy) is 2. The predicted octanol–water partition coefficient (Wildman–Crippen LogP) is 5.79. The van der Waals surface area contributed by atoms with Crippen molar-refractivity contribution in [1.82, 2.24) is 9.55 Å². The van der Waals surface area contributed by atoms with Crippen LogP contribution in [0.3, 0.4) is 0 Å². The molecule has 0 saturated heterocycles. The van der Waals surface area contributed by atoms with Crippen LogP contribution in [-0.2, 0) is 13.2 Å². The van der Waals surface area contributed by atoms with Crippen molar-refractivity contribution >= 4 is 17.3 Å². The molecule has 7 heteroatoms. The summed E-state index contributed by atoms with van der Waals surface area (Å²) in [6.45, 7) is 3.12. The number of methoxy groups -OCH3 is 1. The van der Waals surface area contributed by atoms with E-state index in [2.05, 4.69) is 4.57 Å². The average Bonchev–Trinajstić information content (AvgIpc) is 3.38. The fraction of sp³-hybridized carbons (Fsp3) is 0.417. The zero-order valence-corrected chi connectivity index (χ0v) is 18.8. The van der Waals surface area contributed by atoms with Gasteiger partial charge in [-0.05, 0) is 56.0 Å². The Hall–Kier alpha value is -2.80. The largest absolute Gasteiger partial charge is 0.497 e. The Labute approximate surface area is 186 Å². The number of hydrogen-bond donors (Lipinski definition) is 1. The van der Waals surface area contributed by atoms with Gasteiger partial charge in [-0.3, -0.25) is 0 Å². The maximum atomic E-state index is 11.8. The molecule has 0 unspecified atom stereocenters. The van der Waals surface area contributed by atoms with E-state index < -0.39 is 5.97 Å². The molecule has 2 aromatic heterocycles. The molecule has 31 heavy (non-hydrogen) atoms. The van der Waals surface area contributed by atoms with Crippen molar-refractivity contribution in [3.05, 3.63) is 52.0 Å². The van der Waals surface area contributed by atoms with Gasteiger partial charge in [0.2, 0.25) is 0 Å². The summed E-state index contributed by atoms with van der Waals surface area (Å²) in [6, 6.07) is 9.22. The van der Waals surface area contributed by atoms with Crippen LogP contribution < -0.4 is 9.47 Å². The van der Waals surface area contributed by atoms with Gasteiger partial charge in [-0.15, -0.1) is 11.3 Å². The van der Waals surface area contributed by atoms with Crippen LogP contribution in [-0.4, -0.2) is 27.7 Å². The van der Waals surface area contributed by atoms with Gasteiger partial charge in [-0.2, -0.15) is 0 Å². The lowest BCUT2D eigenvalue weighted by atomic mass is 9.89. The van der Waals surface area contributed by atoms with Crippen LogP contribution >= 0.6 is 11.3 Å². The smallest absolute Gasteiger partial charge is 0.337 e. The van der Waals surface area contributed by atoms with E-state index >= 15 is 0 Å². The van der Waals surface area contributed by atoms with E-state index in [1.165, 1.54) is 43.4 Å². The molecule has 3 aromatic rings. The lowest BCUT2D eigenvalue weighted by Crippen LogP contribution is -2.16. The molecule has 0 bridgehead atoms. The van der Waals surface area contributed by atoms with Crippen LogP contribution in [0.25, 0.3) is 11.4 Å². The third-order valence-electron chi connectivity index (χ3n) is 6.00. The molecule has 1 aliphatic carbocycles. The lowest BCUT2D eigenvalue weighted by Gasteiger charge is -2.24. The fourth-order valence-electron chi connectivity index (χ4n) is 4.25. The topological polar surface area (TPSA) is 73.6 Å². The van der Waals surface area contributed by atoms with Gasteiger partial charge in [0.25, 0.3) is 0 Å². The number of rotatable bonds is 8. The maximum absolute atomic E-state index is 11.8. The van der Waals surface area contributed by atoms with Crippen molar-refractivity contribution in [3.63, 3.8) is 0 Å². The zero-order chi connectivity index (χ0) is 21.8. The van der Waals surface area contributed by atoms with E-state index in [1.807, 2.05) is 36.6 Å². The molecule has 164 valence electrons. The summed E-state index contributed by atoms with van der Waals surface area (Å²) in [4.78, 5) is 16.5. The Kier molecular flexibility index (Phi) is 6.61. The molecule has 0 atom stereocenters. The van der Waals surface area contributed by atoms with E-state index in [0.717, 1.165) is 40.1 Å². The van der Waals surface area contributed by atoms with Crippen molar-refractivity contribution < 1.29 is 19.4 Å². The summed E-state index contributed by atoms with van der Waals surface area (Å²) in [5, 5.41) is 12.5. The number of nitrogens with zero attached hydrogens (tertiary/aromatic N) is 2. The molecule has 1 aromatic carbocycles. The number of hydrogen-bond acceptors (Lipinski definition) is 5. The van der Waals surface area contributed by atoms with Crippen molar-refractivity contribution in [3.8, 4) is 22.9 Å². The maximum Gasteiger partial charge on any atom is 0.337 e. The van der Waals surface area contributed by atoms with Crippen LogP contribution in [0.1, 0.15) is 53.2 Å². The van der Waals surface area contributed by atoms with E-state index in [9.17, 15) is 9.90 Å². The predicted molar refractivity (Wildman–Crippen MR) is 121 cm³/mol. The van der Waals surface area contributed by atoms with Gasteiger partial charge in [-0.1, -0.05) is 19.3 Å². The number of carboxylic acids is 1. The van der Waals surface area contributed by atoms with Gasteiger partial charge in [0.1, 0.15) is 23.1 Å². The van der Waals surface area contributed by atoms with Crippen LogP contribution in [0.15, 0.2) is 35.7 Å². The van der Waals surface area contributed by atoms with Gasteiger partial charge in [0, 0.05) is 17.6 Å². The highest BCUT2D eigenvalue weighted by Gasteiger charge is 2.23. The minimum atomic E-state index is -0.889. The van der Waals surface area contributed by atoms with Crippen molar-refractivity contribution in [2.45, 2.75) is 52.2 Å². The number of carbonyl (C=O) groups is 1. The Morgan fingerprint density at radius 3 is 2.58 bits per heavy atom. The minimum Gasteiger partial charge on any atom is -0.497 e. The second-order valence-electron chi connectivity index (χ2n) is 8.04. The van der Waals surface area contributed by atoms with Crippen molar-refractivity contribution in [2.75, 3.05) is 7.11 Å². The number of aromatic nitrogens is 2. The SMILES string of the molecule is COc1ccc(OCc2nc(-c3cc(C(=O)O)c(C)n3CC3CCCCC3)cs2)cc1. The first-order chi connectivity index (χ1) is 15.0. The zero-order valence-electron chi connectivity index (χ0n) is 18.0. The van der Waals surface area contributed by atoms with E-state index in [-0.39, 0.29) is 0 Å². The molecule has 1 N–H and O–H groups in total. The quantitative estimate of drug-likeness (QED) is 0.480. The van der Waals surface area contributed by atoms with Crippen LogP contribution in [0.5, 0.6) is 11.5 Å². The van der Waals surface area contributed by atoms with Crippen LogP contribution in [0.4, 0.5) is 0 Å². The highest BCUT2D eigenvalue weighted by molar-refractivity contribution is 7.09. The first-order valence-electron chi connectivity index (χ1n) is 10.7. The molecule has 0 amide bonds. The number of thiazole rings is 1. The summed E-state index contributed by atoms with van der Waals surface area (Å²) in [5.41, 5.74) is 2.85. The molecule has 0 radical (unpaired) electrons. The summed E-state index contributed by atoms with van der Waals surface area (Å²) in [5.74, 6) is 1.24. The molecular formula is C24H28N2O4S. The summed E-state index contributed by atoms with van der Waals surface area (Å²) in [6.07, 6.45) is 6.23. The molecule has 1 aliphatic rings. The van der Waals surface area contributed by atoms with Crippen molar-refractivity contribution in [1.29, 1.82) is 0 Å². The van der Waals surface area contributed by atoms with Gasteiger partial charge in [0.05, 0.1) is 24.1 Å². The Balaban J connectivity index is 1.53. The average molecular weight is 441 g/mol. The first-order valence-corrected chi connectivity index (χ1v) is 11.6. The highest BCUT2D eigenvalue weighted by atomic mass is 32.1. The minimum absolute atomic E-state index is 0.356. The van der Waals surface area contributed by atoms with Crippen LogP contribution in [0.2, 0.25) is 0 Å². The Bertz CT molecular complexity index is 1030. The van der Waals surface area contributed by atoms with Gasteiger partial charge < -0.3 is 19.1 Å². The Morgan fingerprint density at radius 2 is 1.90 bits per heavy atom. The fourth-order valence-corrected chi connectivity index (χ4v) is 4.95. The summed E-state index contributed by atoms with van der Waals surface area (Å²) < 4.78 is 13.2. The molecule has 1 saturated carbocycles. The van der Waals surface area contributed by atoms with Gasteiger partial charge in [-0.25, -0.2) is 9.78 Å². The lowest BCUT2D eigenvalue weighted by molar-refractivity contribution is 0.0696. The molecule has 6 nitrogen and oxygen atoms in total. The first kappa shape index (κ1) is 21.4. The third-order valence-corrected chi connectivity index (χ3v) is 6.82. The van der Waals surface area contributed by atoms with E-state index in [1.54, 1.807) is 13.2 Å². The standard InChI is InChI=1S/C24H28N2O4S/c1-16-20(24(27)28)12-22(26(16)13-17-6-4-3-5-7-17)21-15-31-23(25-21)14-30-19-10-8-18(29-2)9-11-19/h8-12,15,17H,3-7,13-14H2,1-2H3,(H,27,28). The molecule has 1 fully saturated rings. The van der Waals surface area contributed by atoms with E-state index in [0.29, 0.717) is 18.1 Å².